The maximum Gasteiger partial charge on any atom is 0.228 e. The van der Waals surface area contributed by atoms with E-state index < -0.39 is 9.84 Å². The van der Waals surface area contributed by atoms with Crippen LogP contribution in [0.1, 0.15) is 37.9 Å². The first-order valence-corrected chi connectivity index (χ1v) is 13.9. The van der Waals surface area contributed by atoms with E-state index in [2.05, 4.69) is 10.3 Å². The highest BCUT2D eigenvalue weighted by Crippen LogP contribution is 2.22. The zero-order chi connectivity index (χ0) is 25.4. The van der Waals surface area contributed by atoms with Gasteiger partial charge in [-0.25, -0.2) is 13.4 Å². The predicted octanol–water partition coefficient (Wildman–Crippen LogP) is 2.78. The molecule has 0 spiro atoms. The second kappa shape index (κ2) is 12.7. The standard InChI is InChI=1S/C24H36N4O5S2/c1-18(2)26-23(34)27(16-22-9-6-11-33-22)15-20-14-25-24(28(20)10-12-31-3)35(29,30)17-19-7-5-8-21(13-19)32-4/h5,7-8,13-14,18,22H,6,9-12,15-17H2,1-4H3,(H,26,34)/t22-/m0/s1. The topological polar surface area (TPSA) is 94.9 Å². The fraction of sp³-hybridized carbons (Fsp3) is 0.583. The highest BCUT2D eigenvalue weighted by molar-refractivity contribution is 7.90. The third-order valence-electron chi connectivity index (χ3n) is 5.69. The molecule has 1 aromatic carbocycles. The van der Waals surface area contributed by atoms with Crippen LogP contribution in [0.3, 0.4) is 0 Å². The molecule has 0 unspecified atom stereocenters. The van der Waals surface area contributed by atoms with E-state index in [1.165, 1.54) is 0 Å². The molecule has 2 heterocycles. The van der Waals surface area contributed by atoms with E-state index in [1.807, 2.05) is 18.7 Å². The molecular weight excluding hydrogens is 488 g/mol. The summed E-state index contributed by atoms with van der Waals surface area (Å²) in [5.41, 5.74) is 1.38. The van der Waals surface area contributed by atoms with Crippen molar-refractivity contribution in [3.63, 3.8) is 0 Å². The summed E-state index contributed by atoms with van der Waals surface area (Å²) in [5.74, 6) is 0.428. The van der Waals surface area contributed by atoms with Crippen LogP contribution in [-0.4, -0.2) is 74.1 Å². The highest BCUT2D eigenvalue weighted by atomic mass is 32.2. The first kappa shape index (κ1) is 27.4. The van der Waals surface area contributed by atoms with Crippen LogP contribution in [0.5, 0.6) is 5.75 Å². The number of hydrogen-bond donors (Lipinski definition) is 1. The predicted molar refractivity (Wildman–Crippen MR) is 138 cm³/mol. The molecule has 0 saturated carbocycles. The van der Waals surface area contributed by atoms with E-state index in [0.29, 0.717) is 42.7 Å². The van der Waals surface area contributed by atoms with Gasteiger partial charge in [0.05, 0.1) is 44.0 Å². The van der Waals surface area contributed by atoms with Gasteiger partial charge in [-0.05, 0) is 56.6 Å². The number of ether oxygens (including phenoxy) is 3. The van der Waals surface area contributed by atoms with Crippen molar-refractivity contribution in [2.45, 2.75) is 62.8 Å². The molecule has 0 amide bonds. The Morgan fingerprint density at radius 3 is 2.83 bits per heavy atom. The number of benzene rings is 1. The van der Waals surface area contributed by atoms with Crippen LogP contribution in [0.25, 0.3) is 0 Å². The van der Waals surface area contributed by atoms with E-state index in [-0.39, 0.29) is 23.1 Å². The van der Waals surface area contributed by atoms with Crippen molar-refractivity contribution >= 4 is 27.2 Å². The number of nitrogens with one attached hydrogen (secondary N) is 1. The minimum absolute atomic E-state index is 0.0205. The molecule has 0 radical (unpaired) electrons. The lowest BCUT2D eigenvalue weighted by Gasteiger charge is -2.29. The average Bonchev–Trinajstić information content (AvgIpc) is 3.47. The van der Waals surface area contributed by atoms with Gasteiger partial charge in [-0.1, -0.05) is 12.1 Å². The molecule has 1 N–H and O–H groups in total. The molecule has 3 rings (SSSR count). The van der Waals surface area contributed by atoms with Crippen molar-refractivity contribution in [3.05, 3.63) is 41.7 Å². The van der Waals surface area contributed by atoms with Crippen molar-refractivity contribution < 1.29 is 22.6 Å². The van der Waals surface area contributed by atoms with Crippen LogP contribution in [0.2, 0.25) is 0 Å². The molecular formula is C24H36N4O5S2. The Morgan fingerprint density at radius 1 is 1.37 bits per heavy atom. The Balaban J connectivity index is 1.89. The first-order valence-electron chi connectivity index (χ1n) is 11.8. The Labute approximate surface area is 213 Å². The largest absolute Gasteiger partial charge is 0.497 e. The summed E-state index contributed by atoms with van der Waals surface area (Å²) in [6.45, 7) is 6.55. The van der Waals surface area contributed by atoms with Gasteiger partial charge < -0.3 is 29.0 Å². The lowest BCUT2D eigenvalue weighted by atomic mass is 10.2. The maximum atomic E-state index is 13.4. The van der Waals surface area contributed by atoms with Crippen molar-refractivity contribution in [1.29, 1.82) is 0 Å². The van der Waals surface area contributed by atoms with Crippen LogP contribution in [0, 0.1) is 0 Å². The third-order valence-corrected chi connectivity index (χ3v) is 7.66. The van der Waals surface area contributed by atoms with Crippen LogP contribution in [0.4, 0.5) is 0 Å². The molecule has 0 aliphatic carbocycles. The number of aromatic nitrogens is 2. The fourth-order valence-electron chi connectivity index (χ4n) is 4.02. The Kier molecular flexibility index (Phi) is 9.90. The van der Waals surface area contributed by atoms with Gasteiger partial charge in [-0.3, -0.25) is 0 Å². The minimum atomic E-state index is -3.73. The molecule has 1 aliphatic rings. The van der Waals surface area contributed by atoms with Gasteiger partial charge in [0.15, 0.2) is 5.11 Å². The van der Waals surface area contributed by atoms with Crippen LogP contribution < -0.4 is 10.1 Å². The van der Waals surface area contributed by atoms with Gasteiger partial charge in [0.25, 0.3) is 0 Å². The van der Waals surface area contributed by atoms with Crippen molar-refractivity contribution in [3.8, 4) is 5.75 Å². The molecule has 9 nitrogen and oxygen atoms in total. The summed E-state index contributed by atoms with van der Waals surface area (Å²) in [7, 11) is -0.583. The van der Waals surface area contributed by atoms with Gasteiger partial charge in [-0.2, -0.15) is 0 Å². The van der Waals surface area contributed by atoms with Crippen molar-refractivity contribution in [1.82, 2.24) is 19.8 Å². The lowest BCUT2D eigenvalue weighted by Crippen LogP contribution is -2.45. The highest BCUT2D eigenvalue weighted by Gasteiger charge is 2.27. The van der Waals surface area contributed by atoms with E-state index in [0.717, 1.165) is 25.1 Å². The number of imidazole rings is 1. The number of methoxy groups -OCH3 is 2. The Morgan fingerprint density at radius 2 is 2.17 bits per heavy atom. The van der Waals surface area contributed by atoms with Gasteiger partial charge in [-0.15, -0.1) is 0 Å². The molecule has 1 fully saturated rings. The smallest absolute Gasteiger partial charge is 0.228 e. The molecule has 1 aliphatic heterocycles. The van der Waals surface area contributed by atoms with Gasteiger partial charge in [0.1, 0.15) is 5.75 Å². The number of thiocarbonyl (C=S) groups is 1. The molecule has 1 atom stereocenters. The number of hydrogen-bond acceptors (Lipinski definition) is 7. The van der Waals surface area contributed by atoms with Crippen molar-refractivity contribution in [2.75, 3.05) is 34.0 Å². The molecule has 1 aromatic heterocycles. The number of rotatable bonds is 12. The second-order valence-electron chi connectivity index (χ2n) is 8.91. The number of sulfone groups is 1. The quantitative estimate of drug-likeness (QED) is 0.421. The fourth-order valence-corrected chi connectivity index (χ4v) is 5.90. The summed E-state index contributed by atoms with van der Waals surface area (Å²) in [6, 6.07) is 7.22. The summed E-state index contributed by atoms with van der Waals surface area (Å²) in [5, 5.41) is 3.93. The summed E-state index contributed by atoms with van der Waals surface area (Å²) < 4.78 is 44.9. The Hall–Kier alpha value is -2.21. The van der Waals surface area contributed by atoms with E-state index in [1.54, 1.807) is 49.2 Å². The van der Waals surface area contributed by atoms with Crippen LogP contribution >= 0.6 is 12.2 Å². The van der Waals surface area contributed by atoms with Crippen LogP contribution in [0.15, 0.2) is 35.6 Å². The lowest BCUT2D eigenvalue weighted by molar-refractivity contribution is 0.0889. The second-order valence-corrected chi connectivity index (χ2v) is 11.2. The third kappa shape index (κ3) is 7.63. The molecule has 1 saturated heterocycles. The summed E-state index contributed by atoms with van der Waals surface area (Å²) >= 11 is 5.68. The molecule has 194 valence electrons. The van der Waals surface area contributed by atoms with Gasteiger partial charge in [0, 0.05) is 32.8 Å². The van der Waals surface area contributed by atoms with Gasteiger partial charge >= 0.3 is 0 Å². The first-order chi connectivity index (χ1) is 16.7. The van der Waals surface area contributed by atoms with Crippen LogP contribution in [-0.2, 0) is 38.2 Å². The SMILES string of the molecule is COCCn1c(CN(C[C@@H]2CCCO2)C(=S)NC(C)C)cnc1S(=O)(=O)Cc1cccc(OC)c1. The number of nitrogens with zero attached hydrogens (tertiary/aromatic N) is 3. The summed E-state index contributed by atoms with van der Waals surface area (Å²) in [4.78, 5) is 6.38. The molecule has 35 heavy (non-hydrogen) atoms. The normalized spacial score (nSPS) is 16.0. The average molecular weight is 525 g/mol. The van der Waals surface area contributed by atoms with Crippen molar-refractivity contribution in [2.24, 2.45) is 0 Å². The van der Waals surface area contributed by atoms with Gasteiger partial charge in [0.2, 0.25) is 15.0 Å². The van der Waals surface area contributed by atoms with E-state index in [4.69, 9.17) is 26.4 Å². The molecule has 2 aromatic rings. The maximum absolute atomic E-state index is 13.4. The summed E-state index contributed by atoms with van der Waals surface area (Å²) in [6.07, 6.45) is 3.72. The monoisotopic (exact) mass is 524 g/mol. The van der Waals surface area contributed by atoms with E-state index in [9.17, 15) is 8.42 Å². The zero-order valence-corrected chi connectivity index (χ0v) is 22.5. The molecule has 0 bridgehead atoms. The van der Waals surface area contributed by atoms with E-state index >= 15 is 0 Å². The minimum Gasteiger partial charge on any atom is -0.497 e. The Bertz CT molecular complexity index is 1080. The zero-order valence-electron chi connectivity index (χ0n) is 20.9. The molecule has 11 heteroatoms.